The molecule has 0 spiro atoms. The zero-order valence-corrected chi connectivity index (χ0v) is 12.4. The molecule has 0 N–H and O–H groups in total. The van der Waals surface area contributed by atoms with Crippen LogP contribution in [0, 0.1) is 11.3 Å². The van der Waals surface area contributed by atoms with Gasteiger partial charge in [0, 0.05) is 11.6 Å². The van der Waals surface area contributed by atoms with Crippen molar-refractivity contribution in [3.63, 3.8) is 0 Å². The third-order valence-electron chi connectivity index (χ3n) is 3.49. The van der Waals surface area contributed by atoms with Gasteiger partial charge < -0.3 is 14.0 Å². The van der Waals surface area contributed by atoms with Gasteiger partial charge in [-0.05, 0) is 24.3 Å². The van der Waals surface area contributed by atoms with E-state index in [1.54, 1.807) is 20.3 Å². The van der Waals surface area contributed by atoms with Crippen molar-refractivity contribution in [1.82, 2.24) is 9.55 Å². The maximum Gasteiger partial charge on any atom is 0.142 e. The quantitative estimate of drug-likeness (QED) is 0.741. The summed E-state index contributed by atoms with van der Waals surface area (Å²) in [6, 6.07) is 15.5. The molecule has 5 heteroatoms. The lowest BCUT2D eigenvalue weighted by Crippen LogP contribution is -1.99. The molecule has 5 nitrogen and oxygen atoms in total. The summed E-state index contributed by atoms with van der Waals surface area (Å²) in [7, 11) is 3.22. The largest absolute Gasteiger partial charge is 0.497 e. The Morgan fingerprint density at radius 1 is 1.09 bits per heavy atom. The molecular formula is C17H15N3O2. The minimum absolute atomic E-state index is 0.232. The van der Waals surface area contributed by atoms with Crippen LogP contribution in [0.15, 0.2) is 42.5 Å². The molecule has 0 saturated carbocycles. The van der Waals surface area contributed by atoms with Gasteiger partial charge in [-0.3, -0.25) is 0 Å². The number of imidazole rings is 1. The summed E-state index contributed by atoms with van der Waals surface area (Å²) in [6.45, 7) is 0.232. The van der Waals surface area contributed by atoms with Gasteiger partial charge in [-0.15, -0.1) is 0 Å². The lowest BCUT2D eigenvalue weighted by molar-refractivity contribution is 0.394. The van der Waals surface area contributed by atoms with E-state index in [2.05, 4.69) is 11.1 Å². The highest BCUT2D eigenvalue weighted by Gasteiger charge is 2.14. The summed E-state index contributed by atoms with van der Waals surface area (Å²) < 4.78 is 12.5. The molecule has 0 atom stereocenters. The predicted molar refractivity (Wildman–Crippen MR) is 83.9 cm³/mol. The van der Waals surface area contributed by atoms with Crippen LogP contribution in [0.1, 0.15) is 0 Å². The monoisotopic (exact) mass is 293 g/mol. The van der Waals surface area contributed by atoms with Crippen molar-refractivity contribution in [3.05, 3.63) is 42.5 Å². The maximum atomic E-state index is 9.12. The van der Waals surface area contributed by atoms with Crippen molar-refractivity contribution < 1.29 is 9.47 Å². The van der Waals surface area contributed by atoms with Gasteiger partial charge in [0.05, 0.1) is 31.3 Å². The molecule has 0 saturated heterocycles. The van der Waals surface area contributed by atoms with Gasteiger partial charge >= 0.3 is 0 Å². The first kappa shape index (κ1) is 14.0. The van der Waals surface area contributed by atoms with Crippen molar-refractivity contribution in [2.75, 3.05) is 14.2 Å². The normalized spacial score (nSPS) is 10.4. The van der Waals surface area contributed by atoms with Crippen LogP contribution >= 0.6 is 0 Å². The Morgan fingerprint density at radius 2 is 1.77 bits per heavy atom. The summed E-state index contributed by atoms with van der Waals surface area (Å²) in [5.41, 5.74) is 2.64. The molecule has 0 radical (unpaired) electrons. The number of para-hydroxylation sites is 2. The highest BCUT2D eigenvalue weighted by Crippen LogP contribution is 2.31. The van der Waals surface area contributed by atoms with Crippen LogP contribution in [-0.2, 0) is 6.54 Å². The van der Waals surface area contributed by atoms with Gasteiger partial charge in [0.2, 0.25) is 0 Å². The van der Waals surface area contributed by atoms with Crippen LogP contribution in [0.4, 0.5) is 0 Å². The molecule has 0 aliphatic rings. The van der Waals surface area contributed by atoms with Gasteiger partial charge in [-0.1, -0.05) is 12.1 Å². The minimum Gasteiger partial charge on any atom is -0.497 e. The Kier molecular flexibility index (Phi) is 3.67. The highest BCUT2D eigenvalue weighted by molar-refractivity contribution is 5.81. The molecule has 0 bridgehead atoms. The van der Waals surface area contributed by atoms with Crippen LogP contribution in [0.3, 0.4) is 0 Å². The van der Waals surface area contributed by atoms with E-state index in [9.17, 15) is 0 Å². The molecule has 0 amide bonds. The first-order valence-corrected chi connectivity index (χ1v) is 6.82. The second-order valence-electron chi connectivity index (χ2n) is 4.77. The third-order valence-corrected chi connectivity index (χ3v) is 3.49. The molecule has 2 aromatic carbocycles. The number of fused-ring (bicyclic) bond motifs is 1. The molecule has 0 fully saturated rings. The Hall–Kier alpha value is -3.00. The number of benzene rings is 2. The van der Waals surface area contributed by atoms with E-state index in [4.69, 9.17) is 14.7 Å². The molecule has 1 aromatic heterocycles. The van der Waals surface area contributed by atoms with E-state index in [0.717, 1.165) is 22.4 Å². The van der Waals surface area contributed by atoms with Crippen molar-refractivity contribution in [2.45, 2.75) is 6.54 Å². The number of hydrogen-bond donors (Lipinski definition) is 0. The predicted octanol–water partition coefficient (Wildman–Crippen LogP) is 3.24. The smallest absolute Gasteiger partial charge is 0.142 e. The first-order valence-electron chi connectivity index (χ1n) is 6.82. The molecule has 3 rings (SSSR count). The van der Waals surface area contributed by atoms with E-state index in [1.165, 1.54) is 0 Å². The topological polar surface area (TPSA) is 60.1 Å². The van der Waals surface area contributed by atoms with Crippen LogP contribution in [-0.4, -0.2) is 23.8 Å². The Labute approximate surface area is 128 Å². The zero-order valence-electron chi connectivity index (χ0n) is 12.4. The van der Waals surface area contributed by atoms with Crippen molar-refractivity contribution in [3.8, 4) is 29.0 Å². The summed E-state index contributed by atoms with van der Waals surface area (Å²) in [6.07, 6.45) is 0. The van der Waals surface area contributed by atoms with E-state index < -0.39 is 0 Å². The number of hydrogen-bond acceptors (Lipinski definition) is 4. The Morgan fingerprint density at radius 3 is 2.41 bits per heavy atom. The van der Waals surface area contributed by atoms with E-state index in [1.807, 2.05) is 41.0 Å². The standard InChI is InChI=1S/C17H15N3O2/c1-21-13-9-12(10-14(11-13)22-2)17-19-15-5-3-4-6-16(15)20(17)8-7-18/h3-6,9-11H,8H2,1-2H3. The molecule has 1 heterocycles. The van der Waals surface area contributed by atoms with Crippen LogP contribution in [0.25, 0.3) is 22.4 Å². The fraction of sp³-hybridized carbons (Fsp3) is 0.176. The van der Waals surface area contributed by atoms with E-state index >= 15 is 0 Å². The van der Waals surface area contributed by atoms with E-state index in [0.29, 0.717) is 11.5 Å². The number of ether oxygens (including phenoxy) is 2. The van der Waals surface area contributed by atoms with Gasteiger partial charge in [0.25, 0.3) is 0 Å². The molecule has 0 aliphatic carbocycles. The first-order chi connectivity index (χ1) is 10.8. The van der Waals surface area contributed by atoms with Crippen molar-refractivity contribution >= 4 is 11.0 Å². The highest BCUT2D eigenvalue weighted by atomic mass is 16.5. The number of rotatable bonds is 4. The maximum absolute atomic E-state index is 9.12. The van der Waals surface area contributed by atoms with Gasteiger partial charge in [-0.25, -0.2) is 4.98 Å². The summed E-state index contributed by atoms with van der Waals surface area (Å²) in [5.74, 6) is 2.09. The lowest BCUT2D eigenvalue weighted by atomic mass is 10.2. The van der Waals surface area contributed by atoms with Crippen molar-refractivity contribution in [1.29, 1.82) is 5.26 Å². The Balaban J connectivity index is 2.25. The molecule has 22 heavy (non-hydrogen) atoms. The lowest BCUT2D eigenvalue weighted by Gasteiger charge is -2.09. The van der Waals surface area contributed by atoms with Gasteiger partial charge in [-0.2, -0.15) is 5.26 Å². The SMILES string of the molecule is COc1cc(OC)cc(-c2nc3ccccc3n2CC#N)c1. The fourth-order valence-corrected chi connectivity index (χ4v) is 2.46. The summed E-state index contributed by atoms with van der Waals surface area (Å²) >= 11 is 0. The fourth-order valence-electron chi connectivity index (χ4n) is 2.46. The molecule has 0 aliphatic heterocycles. The molecule has 0 unspecified atom stereocenters. The number of nitriles is 1. The van der Waals surface area contributed by atoms with Crippen LogP contribution in [0.5, 0.6) is 11.5 Å². The van der Waals surface area contributed by atoms with Crippen LogP contribution in [0.2, 0.25) is 0 Å². The molecular weight excluding hydrogens is 278 g/mol. The number of aromatic nitrogens is 2. The summed E-state index contributed by atoms with van der Waals surface area (Å²) in [5, 5.41) is 9.12. The van der Waals surface area contributed by atoms with Gasteiger partial charge in [0.1, 0.15) is 23.9 Å². The average molecular weight is 293 g/mol. The number of methoxy groups -OCH3 is 2. The zero-order chi connectivity index (χ0) is 15.5. The second kappa shape index (κ2) is 5.78. The molecule has 110 valence electrons. The molecule has 3 aromatic rings. The number of nitrogens with zero attached hydrogens (tertiary/aromatic N) is 3. The minimum atomic E-state index is 0.232. The van der Waals surface area contributed by atoms with Gasteiger partial charge in [0.15, 0.2) is 0 Å². The van der Waals surface area contributed by atoms with E-state index in [-0.39, 0.29) is 6.54 Å². The summed E-state index contributed by atoms with van der Waals surface area (Å²) in [4.78, 5) is 4.65. The second-order valence-corrected chi connectivity index (χ2v) is 4.77. The Bertz CT molecular complexity index is 840. The third kappa shape index (κ3) is 2.35. The van der Waals surface area contributed by atoms with Crippen LogP contribution < -0.4 is 9.47 Å². The average Bonchev–Trinajstić information content (AvgIpc) is 2.93. The van der Waals surface area contributed by atoms with Crippen molar-refractivity contribution in [2.24, 2.45) is 0 Å².